The van der Waals surface area contributed by atoms with E-state index in [4.69, 9.17) is 26.4 Å². The van der Waals surface area contributed by atoms with E-state index in [0.717, 1.165) is 48.4 Å². The van der Waals surface area contributed by atoms with Gasteiger partial charge in [0.25, 0.3) is 5.91 Å². The van der Waals surface area contributed by atoms with Crippen LogP contribution >= 0.6 is 22.9 Å². The summed E-state index contributed by atoms with van der Waals surface area (Å²) in [5.74, 6) is 0.494. The maximum atomic E-state index is 12.9. The lowest BCUT2D eigenvalue weighted by Gasteiger charge is -2.41. The normalized spacial score (nSPS) is 17.4. The van der Waals surface area contributed by atoms with Crippen LogP contribution in [0.15, 0.2) is 18.5 Å². The Bertz CT molecular complexity index is 1200. The molecule has 0 atom stereocenters. The highest BCUT2D eigenvalue weighted by molar-refractivity contribution is 7.20. The molecule has 36 heavy (non-hydrogen) atoms. The molecule has 10 nitrogen and oxygen atoms in total. The second-order valence-corrected chi connectivity index (χ2v) is 10.5. The standard InChI is InChI=1S/C24H30ClN7O3S/c1-15-26-13-19(28-15)20-23(32-9-7-31(8-10-32)17-5-3-2-4-6-17)36-24(29-20)30-21(34)16-11-18(25)22(27-12-16)35-14-33/h11-13,17,33H,2-10,14H2,1H3,(H,26,28)(H,29,30,34). The summed E-state index contributed by atoms with van der Waals surface area (Å²) in [6, 6.07) is 2.16. The van der Waals surface area contributed by atoms with Gasteiger partial charge in [-0.05, 0) is 25.8 Å². The van der Waals surface area contributed by atoms with Crippen molar-refractivity contribution in [3.63, 3.8) is 0 Å². The zero-order valence-electron chi connectivity index (χ0n) is 20.2. The van der Waals surface area contributed by atoms with Gasteiger partial charge in [-0.1, -0.05) is 42.2 Å². The second-order valence-electron chi connectivity index (χ2n) is 9.11. The number of pyridine rings is 1. The zero-order valence-corrected chi connectivity index (χ0v) is 21.7. The van der Waals surface area contributed by atoms with E-state index >= 15 is 0 Å². The number of nitrogens with one attached hydrogen (secondary N) is 2. The number of aromatic nitrogens is 4. The fourth-order valence-corrected chi connectivity index (χ4v) is 6.17. The number of halogens is 1. The molecule has 0 aromatic carbocycles. The molecule has 5 rings (SSSR count). The van der Waals surface area contributed by atoms with Crippen LogP contribution in [0, 0.1) is 6.92 Å². The largest absolute Gasteiger partial charge is 0.450 e. The molecule has 192 valence electrons. The van der Waals surface area contributed by atoms with Gasteiger partial charge in [-0.15, -0.1) is 0 Å². The Morgan fingerprint density at radius 3 is 2.67 bits per heavy atom. The number of anilines is 2. The number of H-pyrrole nitrogens is 1. The van der Waals surface area contributed by atoms with Crippen LogP contribution in [0.5, 0.6) is 5.88 Å². The molecule has 1 saturated heterocycles. The van der Waals surface area contributed by atoms with Crippen molar-refractivity contribution in [2.45, 2.75) is 45.1 Å². The van der Waals surface area contributed by atoms with E-state index in [1.807, 2.05) is 6.92 Å². The molecule has 0 bridgehead atoms. The lowest BCUT2D eigenvalue weighted by Crippen LogP contribution is -2.50. The summed E-state index contributed by atoms with van der Waals surface area (Å²) >= 11 is 7.57. The molecule has 1 aliphatic heterocycles. The Labute approximate surface area is 218 Å². The first-order valence-corrected chi connectivity index (χ1v) is 13.4. The number of carbonyl (C=O) groups is 1. The van der Waals surface area contributed by atoms with Crippen molar-refractivity contribution in [2.75, 3.05) is 43.2 Å². The number of aryl methyl sites for hydroxylation is 1. The van der Waals surface area contributed by atoms with Gasteiger partial charge >= 0.3 is 0 Å². The minimum Gasteiger partial charge on any atom is -0.450 e. The number of aliphatic hydroxyl groups excluding tert-OH is 1. The van der Waals surface area contributed by atoms with E-state index in [1.165, 1.54) is 55.7 Å². The van der Waals surface area contributed by atoms with Gasteiger partial charge in [-0.25, -0.2) is 15.0 Å². The zero-order chi connectivity index (χ0) is 25.1. The number of nitrogens with zero attached hydrogens (tertiary/aromatic N) is 5. The van der Waals surface area contributed by atoms with Gasteiger partial charge in [0.2, 0.25) is 5.88 Å². The van der Waals surface area contributed by atoms with Gasteiger partial charge in [0.1, 0.15) is 21.5 Å². The minimum absolute atomic E-state index is 0.0662. The summed E-state index contributed by atoms with van der Waals surface area (Å²) in [6.07, 6.45) is 9.78. The van der Waals surface area contributed by atoms with Crippen molar-refractivity contribution in [3.05, 3.63) is 34.9 Å². The molecule has 2 fully saturated rings. The monoisotopic (exact) mass is 531 g/mol. The quantitative estimate of drug-likeness (QED) is 0.392. The van der Waals surface area contributed by atoms with Gasteiger partial charge < -0.3 is 19.7 Å². The summed E-state index contributed by atoms with van der Waals surface area (Å²) in [5.41, 5.74) is 1.87. The topological polar surface area (TPSA) is 120 Å². The molecule has 12 heteroatoms. The number of ether oxygens (including phenoxy) is 1. The van der Waals surface area contributed by atoms with Gasteiger partial charge in [-0.2, -0.15) is 0 Å². The maximum Gasteiger partial charge on any atom is 0.259 e. The predicted octanol–water partition coefficient (Wildman–Crippen LogP) is 3.93. The van der Waals surface area contributed by atoms with Crippen molar-refractivity contribution in [3.8, 4) is 17.3 Å². The fourth-order valence-electron chi connectivity index (χ4n) is 4.92. The number of hydrogen-bond donors (Lipinski definition) is 3. The Morgan fingerprint density at radius 1 is 1.22 bits per heavy atom. The first kappa shape index (κ1) is 24.9. The number of aromatic amines is 1. The highest BCUT2D eigenvalue weighted by atomic mass is 35.5. The highest BCUT2D eigenvalue weighted by Gasteiger charge is 2.28. The minimum atomic E-state index is -0.551. The summed E-state index contributed by atoms with van der Waals surface area (Å²) in [5, 5.41) is 13.4. The first-order valence-electron chi connectivity index (χ1n) is 12.2. The van der Waals surface area contributed by atoms with Crippen molar-refractivity contribution >= 4 is 39.0 Å². The number of aliphatic hydroxyl groups is 1. The Morgan fingerprint density at radius 2 is 2.00 bits per heavy atom. The van der Waals surface area contributed by atoms with Crippen LogP contribution in [0.4, 0.5) is 10.1 Å². The highest BCUT2D eigenvalue weighted by Crippen LogP contribution is 2.39. The van der Waals surface area contributed by atoms with Gasteiger partial charge in [-0.3, -0.25) is 15.0 Å². The second kappa shape index (κ2) is 11.1. The molecular formula is C24H30ClN7O3S. The SMILES string of the molecule is Cc1ncc(-c2nc(NC(=O)c3cnc(OCO)c(Cl)c3)sc2N2CCN(C3CCCCC3)CC2)[nH]1. The van der Waals surface area contributed by atoms with E-state index in [9.17, 15) is 4.79 Å². The Balaban J connectivity index is 1.34. The van der Waals surface area contributed by atoms with Crippen molar-refractivity contribution < 1.29 is 14.6 Å². The molecule has 2 aliphatic rings. The number of imidazole rings is 1. The van der Waals surface area contributed by atoms with E-state index in [-0.39, 0.29) is 22.4 Å². The summed E-state index contributed by atoms with van der Waals surface area (Å²) < 4.78 is 4.93. The molecule has 3 N–H and O–H groups in total. The molecule has 3 aromatic rings. The molecule has 4 heterocycles. The number of thiazole rings is 1. The van der Waals surface area contributed by atoms with Crippen LogP contribution in [-0.4, -0.2) is 74.9 Å². The number of amides is 1. The molecule has 0 spiro atoms. The smallest absolute Gasteiger partial charge is 0.259 e. The van der Waals surface area contributed by atoms with Crippen LogP contribution in [0.25, 0.3) is 11.4 Å². The van der Waals surface area contributed by atoms with Crippen LogP contribution in [0.3, 0.4) is 0 Å². The molecule has 1 aliphatic carbocycles. The summed E-state index contributed by atoms with van der Waals surface area (Å²) in [4.78, 5) is 34.3. The van der Waals surface area contributed by atoms with Gasteiger partial charge in [0.05, 0.1) is 17.5 Å². The molecule has 3 aromatic heterocycles. The van der Waals surface area contributed by atoms with Crippen molar-refractivity contribution in [1.29, 1.82) is 0 Å². The van der Waals surface area contributed by atoms with E-state index in [1.54, 1.807) is 6.20 Å². The molecule has 1 amide bonds. The fraction of sp³-hybridized carbons (Fsp3) is 0.500. The number of carbonyl (C=O) groups excluding carboxylic acids is 1. The third kappa shape index (κ3) is 5.49. The first-order chi connectivity index (χ1) is 17.5. The van der Waals surface area contributed by atoms with Crippen LogP contribution in [-0.2, 0) is 0 Å². The van der Waals surface area contributed by atoms with E-state index in [2.05, 4.69) is 30.1 Å². The predicted molar refractivity (Wildman–Crippen MR) is 140 cm³/mol. The average molecular weight is 532 g/mol. The van der Waals surface area contributed by atoms with E-state index in [0.29, 0.717) is 11.2 Å². The van der Waals surface area contributed by atoms with Crippen molar-refractivity contribution in [2.24, 2.45) is 0 Å². The molecule has 0 unspecified atom stereocenters. The number of piperazine rings is 1. The molecule has 0 radical (unpaired) electrons. The number of hydrogen-bond acceptors (Lipinski definition) is 9. The summed E-state index contributed by atoms with van der Waals surface area (Å²) in [7, 11) is 0. The third-order valence-electron chi connectivity index (χ3n) is 6.75. The Hall–Kier alpha value is -2.73. The maximum absolute atomic E-state index is 12.9. The van der Waals surface area contributed by atoms with Crippen LogP contribution in [0.2, 0.25) is 5.02 Å². The van der Waals surface area contributed by atoms with Crippen LogP contribution < -0.4 is 15.0 Å². The molecular weight excluding hydrogens is 502 g/mol. The number of rotatable bonds is 7. The lowest BCUT2D eigenvalue weighted by atomic mass is 9.94. The average Bonchev–Trinajstić information content (AvgIpc) is 3.52. The Kier molecular flexibility index (Phi) is 7.70. The van der Waals surface area contributed by atoms with Gasteiger partial charge in [0.15, 0.2) is 11.9 Å². The lowest BCUT2D eigenvalue weighted by molar-refractivity contribution is 0.0941. The summed E-state index contributed by atoms with van der Waals surface area (Å²) in [6.45, 7) is 5.24. The van der Waals surface area contributed by atoms with Crippen LogP contribution in [0.1, 0.15) is 48.3 Å². The van der Waals surface area contributed by atoms with E-state index < -0.39 is 6.79 Å². The molecule has 1 saturated carbocycles. The third-order valence-corrected chi connectivity index (χ3v) is 8.05. The van der Waals surface area contributed by atoms with Gasteiger partial charge in [0, 0.05) is 38.4 Å². The van der Waals surface area contributed by atoms with Crippen molar-refractivity contribution in [1.82, 2.24) is 24.8 Å².